The Bertz CT molecular complexity index is 873. The number of benzene rings is 1. The molecule has 138 valence electrons. The van der Waals surface area contributed by atoms with Gasteiger partial charge in [0, 0.05) is 38.1 Å². The second-order valence-electron chi connectivity index (χ2n) is 6.66. The van der Waals surface area contributed by atoms with Crippen LogP contribution in [0, 0.1) is 0 Å². The maximum atomic E-state index is 12.5. The number of hydrogen-bond acceptors (Lipinski definition) is 5. The van der Waals surface area contributed by atoms with E-state index in [1.54, 1.807) is 35.8 Å². The van der Waals surface area contributed by atoms with Crippen LogP contribution in [0.4, 0.5) is 0 Å². The Hall–Kier alpha value is -3.06. The van der Waals surface area contributed by atoms with Crippen molar-refractivity contribution >= 4 is 5.91 Å². The van der Waals surface area contributed by atoms with Gasteiger partial charge in [-0.25, -0.2) is 9.67 Å². The minimum Gasteiger partial charge on any atom is -0.338 e. The molecule has 1 saturated heterocycles. The van der Waals surface area contributed by atoms with Crippen molar-refractivity contribution in [3.63, 3.8) is 0 Å². The van der Waals surface area contributed by atoms with E-state index >= 15 is 0 Å². The molecule has 0 atom stereocenters. The summed E-state index contributed by atoms with van der Waals surface area (Å²) in [5, 5.41) is 7.86. The molecular formula is C20H22N6O. The summed E-state index contributed by atoms with van der Waals surface area (Å²) in [6, 6.07) is 12.2. The third-order valence-electron chi connectivity index (χ3n) is 4.93. The molecule has 4 rings (SSSR count). The van der Waals surface area contributed by atoms with Crippen LogP contribution in [0.25, 0.3) is 5.69 Å². The van der Waals surface area contributed by atoms with Crippen LogP contribution >= 0.6 is 0 Å². The van der Waals surface area contributed by atoms with Gasteiger partial charge in [0.2, 0.25) is 0 Å². The molecule has 0 saturated carbocycles. The van der Waals surface area contributed by atoms with Crippen LogP contribution in [0.15, 0.2) is 61.4 Å². The van der Waals surface area contributed by atoms with Crippen LogP contribution in [0.2, 0.25) is 0 Å². The number of pyridine rings is 1. The van der Waals surface area contributed by atoms with Crippen LogP contribution in [0.1, 0.15) is 28.8 Å². The number of aromatic nitrogens is 4. The third-order valence-corrected chi connectivity index (χ3v) is 4.93. The van der Waals surface area contributed by atoms with Gasteiger partial charge in [-0.3, -0.25) is 9.78 Å². The van der Waals surface area contributed by atoms with Gasteiger partial charge in [-0.1, -0.05) is 18.2 Å². The summed E-state index contributed by atoms with van der Waals surface area (Å²) in [5.74, 6) is 0.0677. The highest BCUT2D eigenvalue weighted by atomic mass is 16.2. The number of carbonyl (C=O) groups excluding carboxylic acids is 1. The third kappa shape index (κ3) is 4.03. The molecule has 1 aliphatic rings. The first-order valence-corrected chi connectivity index (χ1v) is 9.17. The van der Waals surface area contributed by atoms with Gasteiger partial charge >= 0.3 is 0 Å². The predicted octanol–water partition coefficient (Wildman–Crippen LogP) is 2.06. The topological polar surface area (TPSA) is 75.9 Å². The van der Waals surface area contributed by atoms with E-state index in [2.05, 4.69) is 26.4 Å². The molecule has 3 aromatic rings. The molecule has 0 spiro atoms. The lowest BCUT2D eigenvalue weighted by atomic mass is 10.0. The fourth-order valence-corrected chi connectivity index (χ4v) is 3.43. The van der Waals surface area contributed by atoms with Gasteiger partial charge in [0.25, 0.3) is 5.91 Å². The van der Waals surface area contributed by atoms with Crippen LogP contribution in [-0.2, 0) is 6.54 Å². The highest BCUT2D eigenvalue weighted by Gasteiger charge is 2.23. The lowest BCUT2D eigenvalue weighted by molar-refractivity contribution is 0.0704. The maximum absolute atomic E-state index is 12.5. The minimum atomic E-state index is 0.0677. The Kier molecular flexibility index (Phi) is 5.20. The number of likely N-dealkylation sites (tertiary alicyclic amines) is 1. The molecule has 3 heterocycles. The minimum absolute atomic E-state index is 0.0677. The lowest BCUT2D eigenvalue weighted by Crippen LogP contribution is -2.44. The average molecular weight is 362 g/mol. The fourth-order valence-electron chi connectivity index (χ4n) is 3.43. The first kappa shape index (κ1) is 17.4. The summed E-state index contributed by atoms with van der Waals surface area (Å²) >= 11 is 0. The van der Waals surface area contributed by atoms with Crippen molar-refractivity contribution in [1.29, 1.82) is 0 Å². The molecule has 0 radical (unpaired) electrons. The Balaban J connectivity index is 1.32. The van der Waals surface area contributed by atoms with Crippen molar-refractivity contribution in [2.24, 2.45) is 0 Å². The molecule has 0 unspecified atom stereocenters. The summed E-state index contributed by atoms with van der Waals surface area (Å²) in [7, 11) is 0. The Labute approximate surface area is 158 Å². The molecular weight excluding hydrogens is 340 g/mol. The summed E-state index contributed by atoms with van der Waals surface area (Å²) in [4.78, 5) is 22.5. The van der Waals surface area contributed by atoms with Gasteiger partial charge < -0.3 is 10.2 Å². The van der Waals surface area contributed by atoms with E-state index in [9.17, 15) is 4.79 Å². The smallest absolute Gasteiger partial charge is 0.255 e. The molecule has 1 aromatic carbocycles. The monoisotopic (exact) mass is 362 g/mol. The second kappa shape index (κ2) is 8.09. The predicted molar refractivity (Wildman–Crippen MR) is 101 cm³/mol. The number of rotatable bonds is 5. The quantitative estimate of drug-likeness (QED) is 0.752. The van der Waals surface area contributed by atoms with Gasteiger partial charge in [0.05, 0.1) is 11.3 Å². The van der Waals surface area contributed by atoms with Crippen LogP contribution in [-0.4, -0.2) is 49.7 Å². The van der Waals surface area contributed by atoms with E-state index in [-0.39, 0.29) is 5.91 Å². The number of para-hydroxylation sites is 1. The van der Waals surface area contributed by atoms with Crippen molar-refractivity contribution in [2.75, 3.05) is 13.1 Å². The molecule has 1 N–H and O–H groups in total. The van der Waals surface area contributed by atoms with Crippen molar-refractivity contribution in [3.05, 3.63) is 72.6 Å². The van der Waals surface area contributed by atoms with Crippen molar-refractivity contribution in [1.82, 2.24) is 30.0 Å². The molecule has 0 aliphatic carbocycles. The van der Waals surface area contributed by atoms with Crippen LogP contribution in [0.5, 0.6) is 0 Å². The Morgan fingerprint density at radius 3 is 2.70 bits per heavy atom. The first-order valence-electron chi connectivity index (χ1n) is 9.17. The number of piperidine rings is 1. The molecule has 7 nitrogen and oxygen atoms in total. The van der Waals surface area contributed by atoms with Crippen molar-refractivity contribution in [2.45, 2.75) is 25.4 Å². The van der Waals surface area contributed by atoms with E-state index in [1.165, 1.54) is 5.56 Å². The highest BCUT2D eigenvalue weighted by Crippen LogP contribution is 2.16. The number of nitrogens with one attached hydrogen (secondary N) is 1. The van der Waals surface area contributed by atoms with Gasteiger partial charge in [-0.15, -0.1) is 0 Å². The van der Waals surface area contributed by atoms with Gasteiger partial charge in [0.15, 0.2) is 0 Å². The first-order chi connectivity index (χ1) is 13.3. The zero-order chi connectivity index (χ0) is 18.5. The number of amides is 1. The van der Waals surface area contributed by atoms with E-state index in [0.717, 1.165) is 38.2 Å². The van der Waals surface area contributed by atoms with Gasteiger partial charge in [-0.2, -0.15) is 5.10 Å². The van der Waals surface area contributed by atoms with Crippen molar-refractivity contribution < 1.29 is 4.79 Å². The summed E-state index contributed by atoms with van der Waals surface area (Å²) in [6.45, 7) is 2.28. The largest absolute Gasteiger partial charge is 0.338 e. The summed E-state index contributed by atoms with van der Waals surface area (Å²) < 4.78 is 1.78. The molecule has 7 heteroatoms. The lowest BCUT2D eigenvalue weighted by Gasteiger charge is -2.32. The summed E-state index contributed by atoms with van der Waals surface area (Å²) in [5.41, 5.74) is 2.87. The molecule has 1 aliphatic heterocycles. The van der Waals surface area contributed by atoms with Gasteiger partial charge in [-0.05, 0) is 36.6 Å². The number of hydrogen-bond donors (Lipinski definition) is 1. The molecule has 1 amide bonds. The SMILES string of the molecule is O=C(c1cccnc1)N1CCC(NCc2ccccc2-n2cncn2)CC1. The normalized spacial score (nSPS) is 15.0. The van der Waals surface area contributed by atoms with E-state index < -0.39 is 0 Å². The highest BCUT2D eigenvalue weighted by molar-refractivity contribution is 5.93. The van der Waals surface area contributed by atoms with E-state index in [4.69, 9.17) is 0 Å². The van der Waals surface area contributed by atoms with Crippen molar-refractivity contribution in [3.8, 4) is 5.69 Å². The van der Waals surface area contributed by atoms with Crippen LogP contribution in [0.3, 0.4) is 0 Å². The maximum Gasteiger partial charge on any atom is 0.255 e. The average Bonchev–Trinajstić information content (AvgIpc) is 3.28. The summed E-state index contributed by atoms with van der Waals surface area (Å²) in [6.07, 6.45) is 8.45. The molecule has 1 fully saturated rings. The second-order valence-corrected chi connectivity index (χ2v) is 6.66. The molecule has 27 heavy (non-hydrogen) atoms. The van der Waals surface area contributed by atoms with E-state index in [0.29, 0.717) is 11.6 Å². The zero-order valence-electron chi connectivity index (χ0n) is 15.0. The fraction of sp³-hybridized carbons (Fsp3) is 0.300. The Morgan fingerprint density at radius 1 is 1.11 bits per heavy atom. The number of nitrogens with zero attached hydrogens (tertiary/aromatic N) is 5. The van der Waals surface area contributed by atoms with Crippen LogP contribution < -0.4 is 5.32 Å². The zero-order valence-corrected chi connectivity index (χ0v) is 15.0. The molecule has 2 aromatic heterocycles. The standard InChI is InChI=1S/C20H22N6O/c27-20(17-5-3-9-21-12-17)25-10-7-18(8-11-25)23-13-16-4-1-2-6-19(16)26-15-22-14-24-26/h1-6,9,12,14-15,18,23H,7-8,10-11,13H2. The Morgan fingerprint density at radius 2 is 1.96 bits per heavy atom. The number of carbonyl (C=O) groups is 1. The van der Waals surface area contributed by atoms with E-state index in [1.807, 2.05) is 29.2 Å². The molecule has 0 bridgehead atoms. The van der Waals surface area contributed by atoms with Gasteiger partial charge in [0.1, 0.15) is 12.7 Å².